The predicted molar refractivity (Wildman–Crippen MR) is 87.7 cm³/mol. The molecule has 0 fully saturated rings. The monoisotopic (exact) mass is 315 g/mol. The highest BCUT2D eigenvalue weighted by Crippen LogP contribution is 2.13. The zero-order chi connectivity index (χ0) is 15.7. The van der Waals surface area contributed by atoms with E-state index in [-0.39, 0.29) is 5.54 Å². The SMILES string of the molecule is COCCN(CCOC)Cc1csc(CNC(C)(C)C)n1. The summed E-state index contributed by atoms with van der Waals surface area (Å²) in [4.78, 5) is 7.01. The lowest BCUT2D eigenvalue weighted by molar-refractivity contribution is 0.109. The van der Waals surface area contributed by atoms with Crippen LogP contribution in [-0.2, 0) is 22.6 Å². The van der Waals surface area contributed by atoms with Gasteiger partial charge in [-0.25, -0.2) is 4.98 Å². The zero-order valence-electron chi connectivity index (χ0n) is 13.9. The first-order valence-corrected chi connectivity index (χ1v) is 8.21. The molecular formula is C15H29N3O2S. The highest BCUT2D eigenvalue weighted by molar-refractivity contribution is 7.09. The summed E-state index contributed by atoms with van der Waals surface area (Å²) < 4.78 is 10.3. The van der Waals surface area contributed by atoms with Crippen LogP contribution in [0.3, 0.4) is 0 Å². The van der Waals surface area contributed by atoms with Crippen LogP contribution in [0.4, 0.5) is 0 Å². The van der Waals surface area contributed by atoms with Crippen LogP contribution in [-0.4, -0.2) is 55.9 Å². The number of rotatable bonds is 10. The third-order valence-corrected chi connectivity index (χ3v) is 3.88. The maximum Gasteiger partial charge on any atom is 0.107 e. The van der Waals surface area contributed by atoms with Gasteiger partial charge in [0.1, 0.15) is 5.01 Å². The van der Waals surface area contributed by atoms with E-state index in [1.165, 1.54) is 0 Å². The van der Waals surface area contributed by atoms with Gasteiger partial charge in [0.25, 0.3) is 0 Å². The third kappa shape index (κ3) is 8.48. The van der Waals surface area contributed by atoms with Crippen molar-refractivity contribution >= 4 is 11.3 Å². The van der Waals surface area contributed by atoms with E-state index in [9.17, 15) is 0 Å². The molecule has 1 aromatic heterocycles. The lowest BCUT2D eigenvalue weighted by Gasteiger charge is -2.20. The second-order valence-corrected chi connectivity index (χ2v) is 7.04. The number of nitrogens with zero attached hydrogens (tertiary/aromatic N) is 2. The molecule has 1 aromatic rings. The van der Waals surface area contributed by atoms with Gasteiger partial charge in [0.2, 0.25) is 0 Å². The van der Waals surface area contributed by atoms with Crippen molar-refractivity contribution in [2.45, 2.75) is 39.4 Å². The van der Waals surface area contributed by atoms with E-state index < -0.39 is 0 Å². The average Bonchev–Trinajstić information content (AvgIpc) is 2.86. The molecule has 6 heteroatoms. The molecule has 0 aliphatic heterocycles. The summed E-state index contributed by atoms with van der Waals surface area (Å²) in [6.45, 7) is 11.4. The molecule has 122 valence electrons. The fourth-order valence-electron chi connectivity index (χ4n) is 1.78. The van der Waals surface area contributed by atoms with Gasteiger partial charge in [-0.1, -0.05) is 0 Å². The molecule has 0 aromatic carbocycles. The smallest absolute Gasteiger partial charge is 0.107 e. The van der Waals surface area contributed by atoms with Gasteiger partial charge in [-0.05, 0) is 20.8 Å². The van der Waals surface area contributed by atoms with Crippen molar-refractivity contribution in [3.8, 4) is 0 Å². The van der Waals surface area contributed by atoms with Gasteiger partial charge in [-0.2, -0.15) is 0 Å². The Morgan fingerprint density at radius 1 is 1.19 bits per heavy atom. The summed E-state index contributed by atoms with van der Waals surface area (Å²) in [6, 6.07) is 0. The Morgan fingerprint density at radius 3 is 2.33 bits per heavy atom. The summed E-state index contributed by atoms with van der Waals surface area (Å²) in [5.41, 5.74) is 1.24. The predicted octanol–water partition coefficient (Wildman–Crippen LogP) is 2.13. The summed E-state index contributed by atoms with van der Waals surface area (Å²) in [5, 5.41) is 6.75. The molecule has 0 radical (unpaired) electrons. The van der Waals surface area contributed by atoms with Gasteiger partial charge in [-0.15, -0.1) is 11.3 Å². The van der Waals surface area contributed by atoms with E-state index >= 15 is 0 Å². The molecule has 1 heterocycles. The molecule has 0 spiro atoms. The van der Waals surface area contributed by atoms with E-state index in [1.54, 1.807) is 25.6 Å². The molecule has 0 atom stereocenters. The minimum atomic E-state index is 0.120. The van der Waals surface area contributed by atoms with Gasteiger partial charge in [0, 0.05) is 51.3 Å². The molecule has 0 aliphatic rings. The minimum Gasteiger partial charge on any atom is -0.383 e. The zero-order valence-corrected chi connectivity index (χ0v) is 14.8. The molecule has 1 rings (SSSR count). The van der Waals surface area contributed by atoms with Gasteiger partial charge in [0.15, 0.2) is 0 Å². The molecule has 0 bridgehead atoms. The number of thiazole rings is 1. The average molecular weight is 315 g/mol. The standard InChI is InChI=1S/C15H29N3O2S/c1-15(2,3)16-10-14-17-13(12-21-14)11-18(6-8-19-4)7-9-20-5/h12,16H,6-11H2,1-5H3. The maximum atomic E-state index is 5.16. The maximum absolute atomic E-state index is 5.16. The van der Waals surface area contributed by atoms with E-state index in [4.69, 9.17) is 14.5 Å². The molecule has 21 heavy (non-hydrogen) atoms. The number of aromatic nitrogens is 1. The highest BCUT2D eigenvalue weighted by Gasteiger charge is 2.12. The Balaban J connectivity index is 2.49. The second kappa shape index (κ2) is 9.48. The Morgan fingerprint density at radius 2 is 1.81 bits per heavy atom. The molecule has 1 N–H and O–H groups in total. The Hall–Kier alpha value is -0.530. The van der Waals surface area contributed by atoms with Crippen LogP contribution in [0.2, 0.25) is 0 Å². The number of methoxy groups -OCH3 is 2. The Bertz CT molecular complexity index is 383. The van der Waals surface area contributed by atoms with E-state index in [1.807, 2.05) is 0 Å². The normalized spacial score (nSPS) is 12.3. The van der Waals surface area contributed by atoms with Crippen molar-refractivity contribution in [2.24, 2.45) is 0 Å². The largest absolute Gasteiger partial charge is 0.383 e. The van der Waals surface area contributed by atoms with E-state index in [0.29, 0.717) is 0 Å². The van der Waals surface area contributed by atoms with Crippen LogP contribution in [0.5, 0.6) is 0 Å². The van der Waals surface area contributed by atoms with Crippen LogP contribution < -0.4 is 5.32 Å². The highest BCUT2D eigenvalue weighted by atomic mass is 32.1. The van der Waals surface area contributed by atoms with Gasteiger partial charge in [-0.3, -0.25) is 4.90 Å². The number of ether oxygens (including phenoxy) is 2. The number of nitrogens with one attached hydrogen (secondary N) is 1. The van der Waals surface area contributed by atoms with Crippen molar-refractivity contribution in [1.82, 2.24) is 15.2 Å². The molecule has 0 saturated carbocycles. The fourth-order valence-corrected chi connectivity index (χ4v) is 2.51. The van der Waals surface area contributed by atoms with E-state index in [2.05, 4.69) is 36.4 Å². The third-order valence-electron chi connectivity index (χ3n) is 2.98. The summed E-state index contributed by atoms with van der Waals surface area (Å²) >= 11 is 1.72. The van der Waals surface area contributed by atoms with Crippen LogP contribution in [0, 0.1) is 0 Å². The van der Waals surface area contributed by atoms with Crippen molar-refractivity contribution in [1.29, 1.82) is 0 Å². The van der Waals surface area contributed by atoms with Gasteiger partial charge < -0.3 is 14.8 Å². The lowest BCUT2D eigenvalue weighted by atomic mass is 10.1. The molecular weight excluding hydrogens is 286 g/mol. The summed E-state index contributed by atoms with van der Waals surface area (Å²) in [5.74, 6) is 0. The number of hydrogen-bond donors (Lipinski definition) is 1. The molecule has 0 saturated heterocycles. The molecule has 0 amide bonds. The van der Waals surface area contributed by atoms with Crippen molar-refractivity contribution in [2.75, 3.05) is 40.5 Å². The van der Waals surface area contributed by atoms with Crippen molar-refractivity contribution in [3.05, 3.63) is 16.1 Å². The van der Waals surface area contributed by atoms with Crippen LogP contribution in [0.1, 0.15) is 31.5 Å². The first-order valence-electron chi connectivity index (χ1n) is 7.33. The number of hydrogen-bond acceptors (Lipinski definition) is 6. The summed E-state index contributed by atoms with van der Waals surface area (Å²) in [7, 11) is 3.46. The van der Waals surface area contributed by atoms with Crippen molar-refractivity contribution in [3.63, 3.8) is 0 Å². The first kappa shape index (κ1) is 18.5. The van der Waals surface area contributed by atoms with Crippen molar-refractivity contribution < 1.29 is 9.47 Å². The first-order chi connectivity index (χ1) is 9.94. The molecule has 0 unspecified atom stereocenters. The molecule has 0 aliphatic carbocycles. The summed E-state index contributed by atoms with van der Waals surface area (Å²) in [6.07, 6.45) is 0. The minimum absolute atomic E-state index is 0.120. The van der Waals surface area contributed by atoms with Gasteiger partial charge >= 0.3 is 0 Å². The molecule has 5 nitrogen and oxygen atoms in total. The Labute approximate surface area is 132 Å². The fraction of sp³-hybridized carbons (Fsp3) is 0.800. The van der Waals surface area contributed by atoms with Gasteiger partial charge in [0.05, 0.1) is 18.9 Å². The topological polar surface area (TPSA) is 46.6 Å². The lowest BCUT2D eigenvalue weighted by Crippen LogP contribution is -2.35. The van der Waals surface area contributed by atoms with Crippen LogP contribution in [0.25, 0.3) is 0 Å². The quantitative estimate of drug-likeness (QED) is 0.717. The Kier molecular flexibility index (Phi) is 8.36. The van der Waals surface area contributed by atoms with Crippen LogP contribution >= 0.6 is 11.3 Å². The van der Waals surface area contributed by atoms with Crippen LogP contribution in [0.15, 0.2) is 5.38 Å². The van der Waals surface area contributed by atoms with E-state index in [0.717, 1.165) is 50.1 Å². The second-order valence-electron chi connectivity index (χ2n) is 6.10.